The van der Waals surface area contributed by atoms with Crippen molar-refractivity contribution in [2.75, 3.05) is 6.61 Å². The molecule has 2 heterocycles. The lowest BCUT2D eigenvalue weighted by Gasteiger charge is -2.10. The number of Topliss-reactive ketones (excluding diaryl/α,β-unsaturated/α-hetero) is 1. The number of hydrogen-bond donors (Lipinski definition) is 0. The highest BCUT2D eigenvalue weighted by Crippen LogP contribution is 2.30. The van der Waals surface area contributed by atoms with E-state index in [0.717, 1.165) is 52.9 Å². The number of carbonyl (C=O) groups excluding carboxylic acids is 2. The molecule has 2 aromatic carbocycles. The molecule has 0 saturated heterocycles. The number of esters is 1. The van der Waals surface area contributed by atoms with Crippen molar-refractivity contribution in [3.8, 4) is 5.69 Å². The van der Waals surface area contributed by atoms with Crippen molar-refractivity contribution in [1.82, 2.24) is 4.57 Å². The summed E-state index contributed by atoms with van der Waals surface area (Å²) in [4.78, 5) is 25.4. The zero-order valence-electron chi connectivity index (χ0n) is 19.2. The molecular weight excluding hydrogens is 414 g/mol. The molecule has 0 amide bonds. The van der Waals surface area contributed by atoms with Gasteiger partial charge in [0.2, 0.25) is 5.78 Å². The number of ketones is 1. The van der Waals surface area contributed by atoms with E-state index in [9.17, 15) is 9.59 Å². The van der Waals surface area contributed by atoms with Gasteiger partial charge in [0.15, 0.2) is 6.61 Å². The summed E-state index contributed by atoms with van der Waals surface area (Å²) in [5.41, 5.74) is 8.83. The molecule has 4 aromatic rings. The van der Waals surface area contributed by atoms with E-state index in [1.165, 1.54) is 16.7 Å². The Labute approximate surface area is 193 Å². The maximum Gasteiger partial charge on any atom is 0.310 e. The first-order valence-electron chi connectivity index (χ1n) is 11.4. The molecule has 0 spiro atoms. The van der Waals surface area contributed by atoms with Crippen LogP contribution >= 0.6 is 0 Å². The van der Waals surface area contributed by atoms with Crippen LogP contribution in [0.25, 0.3) is 16.7 Å². The van der Waals surface area contributed by atoms with Gasteiger partial charge >= 0.3 is 5.97 Å². The van der Waals surface area contributed by atoms with Crippen molar-refractivity contribution in [1.29, 1.82) is 0 Å². The number of furan rings is 1. The summed E-state index contributed by atoms with van der Waals surface area (Å²) in [6, 6.07) is 14.2. The zero-order chi connectivity index (χ0) is 23.1. The highest BCUT2D eigenvalue weighted by Gasteiger charge is 2.20. The van der Waals surface area contributed by atoms with Gasteiger partial charge in [-0.2, -0.15) is 0 Å². The lowest BCUT2D eigenvalue weighted by atomic mass is 10.0. The Hall–Kier alpha value is -3.60. The molecular formula is C28H27NO4. The third-order valence-corrected chi connectivity index (χ3v) is 6.59. The van der Waals surface area contributed by atoms with E-state index < -0.39 is 5.97 Å². The van der Waals surface area contributed by atoms with E-state index in [4.69, 9.17) is 9.15 Å². The monoisotopic (exact) mass is 441 g/mol. The zero-order valence-corrected chi connectivity index (χ0v) is 19.2. The molecule has 5 nitrogen and oxygen atoms in total. The van der Waals surface area contributed by atoms with Crippen molar-refractivity contribution >= 4 is 22.7 Å². The van der Waals surface area contributed by atoms with Crippen LogP contribution in [0.15, 0.2) is 53.1 Å². The first kappa shape index (κ1) is 21.3. The minimum absolute atomic E-state index is 0.0848. The maximum atomic E-state index is 12.9. The number of aryl methyl sites for hydroxylation is 4. The van der Waals surface area contributed by atoms with Gasteiger partial charge in [-0.3, -0.25) is 9.59 Å². The Morgan fingerprint density at radius 3 is 2.48 bits per heavy atom. The molecule has 5 heteroatoms. The van der Waals surface area contributed by atoms with E-state index in [0.29, 0.717) is 5.56 Å². The second-order valence-corrected chi connectivity index (χ2v) is 8.95. The topological polar surface area (TPSA) is 61.4 Å². The Bertz CT molecular complexity index is 1370. The number of aromatic nitrogens is 1. The summed E-state index contributed by atoms with van der Waals surface area (Å²) in [6.45, 7) is 5.65. The molecule has 0 aliphatic heterocycles. The summed E-state index contributed by atoms with van der Waals surface area (Å²) in [7, 11) is 0. The Kier molecular flexibility index (Phi) is 5.41. The van der Waals surface area contributed by atoms with Crippen LogP contribution in [0, 0.1) is 20.8 Å². The van der Waals surface area contributed by atoms with Crippen molar-refractivity contribution < 1.29 is 18.7 Å². The Balaban J connectivity index is 1.27. The fourth-order valence-corrected chi connectivity index (χ4v) is 4.85. The van der Waals surface area contributed by atoms with Gasteiger partial charge in [0, 0.05) is 33.6 Å². The molecule has 33 heavy (non-hydrogen) atoms. The first-order chi connectivity index (χ1) is 15.9. The standard InChI is InChI=1S/C28H27NO4/c1-17-7-9-23(10-8-17)29-18(2)11-24(19(29)3)26(30)16-33-28(31)14-22-15-32-27-13-21-6-4-5-20(21)12-25(22)27/h7-13,15H,4-6,14,16H2,1-3H3. The predicted molar refractivity (Wildman–Crippen MR) is 127 cm³/mol. The normalized spacial score (nSPS) is 12.8. The molecule has 0 fully saturated rings. The second kappa shape index (κ2) is 8.39. The molecule has 1 aliphatic carbocycles. The number of hydrogen-bond acceptors (Lipinski definition) is 4. The van der Waals surface area contributed by atoms with Crippen LogP contribution in [-0.4, -0.2) is 22.9 Å². The van der Waals surface area contributed by atoms with E-state index in [-0.39, 0.29) is 18.8 Å². The van der Waals surface area contributed by atoms with Gasteiger partial charge in [0.25, 0.3) is 0 Å². The summed E-state index contributed by atoms with van der Waals surface area (Å²) < 4.78 is 13.1. The quantitative estimate of drug-likeness (QED) is 0.288. The molecule has 5 rings (SSSR count). The van der Waals surface area contributed by atoms with Gasteiger partial charge in [-0.1, -0.05) is 17.7 Å². The fourth-order valence-electron chi connectivity index (χ4n) is 4.85. The third kappa shape index (κ3) is 3.99. The minimum atomic E-state index is -0.432. The lowest BCUT2D eigenvalue weighted by molar-refractivity contribution is -0.141. The number of benzene rings is 2. The molecule has 0 bridgehead atoms. The average Bonchev–Trinajstić information content (AvgIpc) is 3.49. The molecule has 168 valence electrons. The van der Waals surface area contributed by atoms with Crippen LogP contribution in [0.3, 0.4) is 0 Å². The number of nitrogens with zero attached hydrogens (tertiary/aromatic N) is 1. The van der Waals surface area contributed by atoms with E-state index in [1.807, 2.05) is 55.7 Å². The van der Waals surface area contributed by atoms with Crippen LogP contribution < -0.4 is 0 Å². The van der Waals surface area contributed by atoms with E-state index in [2.05, 4.69) is 12.1 Å². The van der Waals surface area contributed by atoms with E-state index >= 15 is 0 Å². The summed E-state index contributed by atoms with van der Waals surface area (Å²) >= 11 is 0. The molecule has 0 unspecified atom stereocenters. The first-order valence-corrected chi connectivity index (χ1v) is 11.4. The molecule has 1 aliphatic rings. The molecule has 0 saturated carbocycles. The molecule has 0 radical (unpaired) electrons. The number of fused-ring (bicyclic) bond motifs is 2. The van der Waals surface area contributed by atoms with Gasteiger partial charge in [-0.15, -0.1) is 0 Å². The highest BCUT2D eigenvalue weighted by atomic mass is 16.5. The van der Waals surface area contributed by atoms with Crippen LogP contribution in [0.5, 0.6) is 0 Å². The fraction of sp³-hybridized carbons (Fsp3) is 0.286. The summed E-state index contributed by atoms with van der Waals surface area (Å²) in [6.07, 6.45) is 5.01. The summed E-state index contributed by atoms with van der Waals surface area (Å²) in [5.74, 6) is -0.636. The lowest BCUT2D eigenvalue weighted by Crippen LogP contribution is -2.16. The van der Waals surface area contributed by atoms with Crippen molar-refractivity contribution in [3.05, 3.63) is 87.9 Å². The predicted octanol–water partition coefficient (Wildman–Crippen LogP) is 5.61. The van der Waals surface area contributed by atoms with Gasteiger partial charge in [-0.25, -0.2) is 0 Å². The number of ether oxygens (including phenoxy) is 1. The Morgan fingerprint density at radius 2 is 1.73 bits per heavy atom. The molecule has 2 aromatic heterocycles. The van der Waals surface area contributed by atoms with Crippen molar-refractivity contribution in [3.63, 3.8) is 0 Å². The SMILES string of the molecule is Cc1ccc(-n2c(C)cc(C(=O)COC(=O)Cc3coc4cc5c(cc34)CCC5)c2C)cc1. The Morgan fingerprint density at radius 1 is 1.00 bits per heavy atom. The minimum Gasteiger partial charge on any atom is -0.464 e. The summed E-state index contributed by atoms with van der Waals surface area (Å²) in [5, 5.41) is 0.959. The van der Waals surface area contributed by atoms with Crippen molar-refractivity contribution in [2.24, 2.45) is 0 Å². The molecule has 0 atom stereocenters. The maximum absolute atomic E-state index is 12.9. The number of rotatable bonds is 6. The van der Waals surface area contributed by atoms with Crippen LogP contribution in [-0.2, 0) is 28.8 Å². The smallest absolute Gasteiger partial charge is 0.310 e. The van der Waals surface area contributed by atoms with Crippen molar-refractivity contribution in [2.45, 2.75) is 46.5 Å². The molecule has 0 N–H and O–H groups in total. The third-order valence-electron chi connectivity index (χ3n) is 6.59. The van der Waals surface area contributed by atoms with Crippen LogP contribution in [0.1, 0.15) is 50.4 Å². The second-order valence-electron chi connectivity index (χ2n) is 8.95. The highest BCUT2D eigenvalue weighted by molar-refractivity contribution is 5.99. The van der Waals surface area contributed by atoms with Crippen LogP contribution in [0.2, 0.25) is 0 Å². The van der Waals surface area contributed by atoms with Gasteiger partial charge in [0.05, 0.1) is 12.7 Å². The van der Waals surface area contributed by atoms with Gasteiger partial charge in [-0.05, 0) is 81.5 Å². The van der Waals surface area contributed by atoms with E-state index in [1.54, 1.807) is 6.26 Å². The largest absolute Gasteiger partial charge is 0.464 e. The average molecular weight is 442 g/mol. The van der Waals surface area contributed by atoms with Crippen LogP contribution in [0.4, 0.5) is 0 Å². The number of carbonyl (C=O) groups is 2. The van der Waals surface area contributed by atoms with Gasteiger partial charge < -0.3 is 13.7 Å². The van der Waals surface area contributed by atoms with Gasteiger partial charge in [0.1, 0.15) is 5.58 Å².